The Morgan fingerprint density at radius 2 is 1.77 bits per heavy atom. The van der Waals surface area contributed by atoms with E-state index < -0.39 is 5.97 Å². The van der Waals surface area contributed by atoms with Gasteiger partial charge in [0.25, 0.3) is 5.91 Å². The maximum absolute atomic E-state index is 12.4. The summed E-state index contributed by atoms with van der Waals surface area (Å²) in [4.78, 5) is 28.8. The maximum atomic E-state index is 12.4. The lowest BCUT2D eigenvalue weighted by Gasteiger charge is -2.13. The molecule has 1 heterocycles. The van der Waals surface area contributed by atoms with Crippen LogP contribution in [0.15, 0.2) is 40.2 Å². The minimum absolute atomic E-state index is 0.190. The van der Waals surface area contributed by atoms with Gasteiger partial charge in [0.15, 0.2) is 16.7 Å². The van der Waals surface area contributed by atoms with Crippen LogP contribution in [-0.2, 0) is 9.59 Å². The zero-order chi connectivity index (χ0) is 21.8. The molecule has 3 rings (SSSR count). The third-order valence-electron chi connectivity index (χ3n) is 4.25. The van der Waals surface area contributed by atoms with Crippen molar-refractivity contribution in [2.24, 2.45) is 4.99 Å². The first kappa shape index (κ1) is 21.4. The van der Waals surface area contributed by atoms with Crippen LogP contribution in [0.2, 0.25) is 0 Å². The van der Waals surface area contributed by atoms with E-state index in [1.165, 1.54) is 32.9 Å². The van der Waals surface area contributed by atoms with Crippen LogP contribution in [0.4, 0.5) is 5.69 Å². The van der Waals surface area contributed by atoms with Gasteiger partial charge in [-0.2, -0.15) is 0 Å². The van der Waals surface area contributed by atoms with Crippen LogP contribution in [0.25, 0.3) is 6.08 Å². The van der Waals surface area contributed by atoms with Crippen LogP contribution in [0.1, 0.15) is 23.6 Å². The van der Waals surface area contributed by atoms with E-state index in [4.69, 9.17) is 14.2 Å². The van der Waals surface area contributed by atoms with E-state index in [9.17, 15) is 9.59 Å². The molecule has 1 fully saturated rings. The predicted octanol–water partition coefficient (Wildman–Crippen LogP) is 4.14. The van der Waals surface area contributed by atoms with Gasteiger partial charge in [-0.25, -0.2) is 4.99 Å². The Balaban J connectivity index is 1.92. The van der Waals surface area contributed by atoms with Crippen LogP contribution >= 0.6 is 11.8 Å². The molecule has 1 saturated heterocycles. The Bertz CT molecular complexity index is 1050. The Morgan fingerprint density at radius 3 is 2.33 bits per heavy atom. The number of carbonyl (C=O) groups excluding carboxylic acids is 2. The van der Waals surface area contributed by atoms with Gasteiger partial charge in [-0.1, -0.05) is 17.7 Å². The van der Waals surface area contributed by atoms with E-state index in [2.05, 4.69) is 10.3 Å². The molecule has 1 aliphatic heterocycles. The van der Waals surface area contributed by atoms with Gasteiger partial charge < -0.3 is 19.5 Å². The molecule has 2 aromatic rings. The lowest BCUT2D eigenvalue weighted by molar-refractivity contribution is -0.132. The van der Waals surface area contributed by atoms with Crippen molar-refractivity contribution in [1.29, 1.82) is 0 Å². The molecule has 0 radical (unpaired) electrons. The number of ether oxygens (including phenoxy) is 3. The highest BCUT2D eigenvalue weighted by atomic mass is 32.2. The van der Waals surface area contributed by atoms with Crippen LogP contribution in [0.3, 0.4) is 0 Å². The molecular formula is C22H22N2O5S. The number of nitrogens with one attached hydrogen (secondary N) is 1. The fourth-order valence-corrected chi connectivity index (χ4v) is 3.73. The lowest BCUT2D eigenvalue weighted by Crippen LogP contribution is -2.19. The molecule has 0 aromatic heterocycles. The molecule has 7 nitrogen and oxygen atoms in total. The molecule has 0 unspecified atom stereocenters. The van der Waals surface area contributed by atoms with Crippen molar-refractivity contribution in [2.45, 2.75) is 20.8 Å². The normalized spacial score (nSPS) is 16.0. The van der Waals surface area contributed by atoms with Crippen LogP contribution < -0.4 is 19.5 Å². The molecule has 0 spiro atoms. The Hall–Kier alpha value is -3.26. The van der Waals surface area contributed by atoms with E-state index >= 15 is 0 Å². The van der Waals surface area contributed by atoms with Crippen molar-refractivity contribution in [3.63, 3.8) is 0 Å². The van der Waals surface area contributed by atoms with Gasteiger partial charge in [0.2, 0.25) is 5.75 Å². The molecule has 1 amide bonds. The summed E-state index contributed by atoms with van der Waals surface area (Å²) >= 11 is 1.25. The lowest BCUT2D eigenvalue weighted by atomic mass is 10.1. The molecule has 2 aromatic carbocycles. The topological polar surface area (TPSA) is 86.2 Å². The number of carbonyl (C=O) groups is 2. The van der Waals surface area contributed by atoms with E-state index in [1.807, 2.05) is 32.0 Å². The number of nitrogens with zero attached hydrogens (tertiary/aromatic N) is 1. The van der Waals surface area contributed by atoms with Crippen LogP contribution in [0.5, 0.6) is 17.2 Å². The first-order valence-electron chi connectivity index (χ1n) is 9.12. The smallest absolute Gasteiger partial charge is 0.308 e. The molecule has 30 heavy (non-hydrogen) atoms. The van der Waals surface area contributed by atoms with Gasteiger partial charge in [0, 0.05) is 6.92 Å². The maximum Gasteiger partial charge on any atom is 0.308 e. The summed E-state index contributed by atoms with van der Waals surface area (Å²) in [6.45, 7) is 5.30. The Morgan fingerprint density at radius 1 is 1.10 bits per heavy atom. The number of methoxy groups -OCH3 is 2. The minimum Gasteiger partial charge on any atom is -0.493 e. The standard InChI is InChI=1S/C22H22N2O5S/c1-12-6-7-16(13(2)8-12)23-22-24-21(26)19(30-22)11-15-9-17(27-4)20(29-14(3)25)18(10-15)28-5/h6-11H,1-5H3,(H,23,24,26)/b19-11-. The molecule has 156 valence electrons. The monoisotopic (exact) mass is 426 g/mol. The number of hydrogen-bond acceptors (Lipinski definition) is 7. The van der Waals surface area contributed by atoms with Gasteiger partial charge in [-0.15, -0.1) is 0 Å². The number of amidine groups is 1. The summed E-state index contributed by atoms with van der Waals surface area (Å²) in [5.74, 6) is 0.101. The van der Waals surface area contributed by atoms with Gasteiger partial charge in [-0.05, 0) is 61.0 Å². The second-order valence-electron chi connectivity index (χ2n) is 6.62. The van der Waals surface area contributed by atoms with Gasteiger partial charge in [0.1, 0.15) is 0 Å². The second kappa shape index (κ2) is 9.04. The zero-order valence-electron chi connectivity index (χ0n) is 17.4. The summed E-state index contributed by atoms with van der Waals surface area (Å²) < 4.78 is 15.8. The summed E-state index contributed by atoms with van der Waals surface area (Å²) in [5, 5.41) is 3.29. The van der Waals surface area contributed by atoms with Crippen molar-refractivity contribution in [1.82, 2.24) is 5.32 Å². The van der Waals surface area contributed by atoms with Crippen molar-refractivity contribution in [2.75, 3.05) is 14.2 Å². The summed E-state index contributed by atoms with van der Waals surface area (Å²) in [6, 6.07) is 9.28. The number of amides is 1. The number of aryl methyl sites for hydroxylation is 2. The second-order valence-corrected chi connectivity index (χ2v) is 7.65. The molecule has 0 bridgehead atoms. The number of aliphatic imine (C=N–C) groups is 1. The number of esters is 1. The number of benzene rings is 2. The molecule has 1 aliphatic rings. The molecule has 0 saturated carbocycles. The third-order valence-corrected chi connectivity index (χ3v) is 5.16. The van der Waals surface area contributed by atoms with Crippen LogP contribution in [0, 0.1) is 13.8 Å². The number of thioether (sulfide) groups is 1. The highest BCUT2D eigenvalue weighted by Crippen LogP contribution is 2.40. The molecule has 8 heteroatoms. The predicted molar refractivity (Wildman–Crippen MR) is 118 cm³/mol. The summed E-state index contributed by atoms with van der Waals surface area (Å²) in [7, 11) is 2.93. The average molecular weight is 426 g/mol. The summed E-state index contributed by atoms with van der Waals surface area (Å²) in [5.41, 5.74) is 3.65. The Kier molecular flexibility index (Phi) is 6.47. The highest BCUT2D eigenvalue weighted by molar-refractivity contribution is 8.18. The Labute approximate surface area is 179 Å². The van der Waals surface area contributed by atoms with Crippen LogP contribution in [-0.4, -0.2) is 31.3 Å². The average Bonchev–Trinajstić information content (AvgIpc) is 3.03. The van der Waals surface area contributed by atoms with Crippen molar-refractivity contribution in [3.05, 3.63) is 51.9 Å². The van der Waals surface area contributed by atoms with Crippen molar-refractivity contribution >= 4 is 40.6 Å². The van der Waals surface area contributed by atoms with Crippen molar-refractivity contribution < 1.29 is 23.8 Å². The van der Waals surface area contributed by atoms with Gasteiger partial charge >= 0.3 is 5.97 Å². The number of rotatable bonds is 5. The van der Waals surface area contributed by atoms with Gasteiger partial charge in [-0.3, -0.25) is 9.59 Å². The fraction of sp³-hybridized carbons (Fsp3) is 0.227. The largest absolute Gasteiger partial charge is 0.493 e. The molecule has 0 aliphatic carbocycles. The zero-order valence-corrected chi connectivity index (χ0v) is 18.2. The summed E-state index contributed by atoms with van der Waals surface area (Å²) in [6.07, 6.45) is 1.70. The van der Waals surface area contributed by atoms with E-state index in [-0.39, 0.29) is 11.7 Å². The SMILES string of the molecule is COc1cc(/C=C2\SC(=Nc3ccc(C)cc3C)NC2=O)cc(OC)c1OC(C)=O. The first-order chi connectivity index (χ1) is 14.3. The minimum atomic E-state index is -0.490. The quantitative estimate of drug-likeness (QED) is 0.439. The van der Waals surface area contributed by atoms with E-state index in [0.29, 0.717) is 27.1 Å². The van der Waals surface area contributed by atoms with Crippen molar-refractivity contribution in [3.8, 4) is 17.2 Å². The highest BCUT2D eigenvalue weighted by Gasteiger charge is 2.25. The van der Waals surface area contributed by atoms with Gasteiger partial charge in [0.05, 0.1) is 24.8 Å². The first-order valence-corrected chi connectivity index (χ1v) is 9.93. The molecular weight excluding hydrogens is 404 g/mol. The van der Waals surface area contributed by atoms with E-state index in [1.54, 1.807) is 18.2 Å². The van der Waals surface area contributed by atoms with E-state index in [0.717, 1.165) is 16.8 Å². The fourth-order valence-electron chi connectivity index (χ4n) is 2.90. The molecule has 0 atom stereocenters. The molecule has 1 N–H and O–H groups in total. The third kappa shape index (κ3) is 4.83. The number of hydrogen-bond donors (Lipinski definition) is 1.